The van der Waals surface area contributed by atoms with E-state index in [2.05, 4.69) is 0 Å². The summed E-state index contributed by atoms with van der Waals surface area (Å²) in [7, 11) is 3.27. The van der Waals surface area contributed by atoms with Gasteiger partial charge in [0.25, 0.3) is 0 Å². The highest BCUT2D eigenvalue weighted by atomic mass is 16.8. The van der Waals surface area contributed by atoms with E-state index in [0.717, 1.165) is 6.42 Å². The van der Waals surface area contributed by atoms with Gasteiger partial charge in [0.2, 0.25) is 0 Å². The van der Waals surface area contributed by atoms with Crippen molar-refractivity contribution in [2.45, 2.75) is 251 Å². The molecule has 25 nitrogen and oxygen atoms in total. The maximum absolute atomic E-state index is 9.97. The normalized spacial score (nSPS) is 46.2. The highest BCUT2D eigenvalue weighted by molar-refractivity contribution is 4.91. The molecular formula is C52H86O25. The minimum absolute atomic E-state index is 0.0341. The van der Waals surface area contributed by atoms with Crippen molar-refractivity contribution in [2.24, 2.45) is 0 Å². The zero-order valence-electron chi connectivity index (χ0n) is 44.6. The second-order valence-corrected chi connectivity index (χ2v) is 21.7. The van der Waals surface area contributed by atoms with E-state index in [1.807, 2.05) is 0 Å². The monoisotopic (exact) mass is 1110 g/mol. The van der Waals surface area contributed by atoms with Gasteiger partial charge in [-0.05, 0) is 44.9 Å². The Morgan fingerprint density at radius 1 is 0.299 bits per heavy atom. The van der Waals surface area contributed by atoms with Crippen LogP contribution in [0.25, 0.3) is 0 Å². The van der Waals surface area contributed by atoms with Crippen molar-refractivity contribution < 1.29 is 120 Å². The second kappa shape index (κ2) is 29.5. The predicted molar refractivity (Wildman–Crippen MR) is 257 cm³/mol. The Morgan fingerprint density at radius 2 is 0.675 bits per heavy atom. The molecule has 444 valence electrons. The van der Waals surface area contributed by atoms with Crippen LogP contribution < -0.4 is 0 Å². The smallest absolute Gasteiger partial charge is 0.187 e. The summed E-state index contributed by atoms with van der Waals surface area (Å²) < 4.78 is 131. The summed E-state index contributed by atoms with van der Waals surface area (Å²) >= 11 is 0. The Balaban J connectivity index is 0.747. The van der Waals surface area contributed by atoms with Crippen molar-refractivity contribution in [1.29, 1.82) is 0 Å². The van der Waals surface area contributed by atoms with E-state index < -0.39 is 106 Å². The van der Waals surface area contributed by atoms with Crippen LogP contribution in [0.5, 0.6) is 0 Å². The Kier molecular flexibility index (Phi) is 22.7. The highest BCUT2D eigenvalue weighted by Gasteiger charge is 2.50. The number of methoxy groups -OCH3 is 2. The minimum atomic E-state index is -0.949. The van der Waals surface area contributed by atoms with Gasteiger partial charge in [-0.1, -0.05) is 0 Å². The molecule has 4 N–H and O–H groups in total. The number of aliphatic hydroxyl groups excluding tert-OH is 4. The summed E-state index contributed by atoms with van der Waals surface area (Å²) in [6.07, 6.45) is -2.42. The van der Waals surface area contributed by atoms with Crippen molar-refractivity contribution in [3.8, 4) is 0 Å². The molecule has 0 radical (unpaired) electrons. The first-order valence-corrected chi connectivity index (χ1v) is 28.4. The van der Waals surface area contributed by atoms with E-state index in [9.17, 15) is 20.4 Å². The average Bonchev–Trinajstić information content (AvgIpc) is 4.33. The van der Waals surface area contributed by atoms with Crippen LogP contribution in [0.3, 0.4) is 0 Å². The number of rotatable bonds is 24. The zero-order valence-corrected chi connectivity index (χ0v) is 44.6. The van der Waals surface area contributed by atoms with Gasteiger partial charge in [-0.3, -0.25) is 0 Å². The van der Waals surface area contributed by atoms with Gasteiger partial charge in [-0.25, -0.2) is 0 Å². The molecule has 0 amide bonds. The topological polar surface area (TPSA) is 275 Å². The summed E-state index contributed by atoms with van der Waals surface area (Å²) in [5.74, 6) is 0. The molecule has 0 aromatic rings. The van der Waals surface area contributed by atoms with E-state index in [0.29, 0.717) is 103 Å². The largest absolute Gasteiger partial charge is 0.394 e. The summed E-state index contributed by atoms with van der Waals surface area (Å²) in [4.78, 5) is 0. The van der Waals surface area contributed by atoms with Crippen molar-refractivity contribution in [1.82, 2.24) is 0 Å². The lowest BCUT2D eigenvalue weighted by Gasteiger charge is -2.45. The van der Waals surface area contributed by atoms with Crippen molar-refractivity contribution in [2.75, 3.05) is 80.3 Å². The van der Waals surface area contributed by atoms with E-state index >= 15 is 0 Å². The molecule has 25 heteroatoms. The summed E-state index contributed by atoms with van der Waals surface area (Å²) in [6.45, 7) is 0.978. The molecule has 10 heterocycles. The van der Waals surface area contributed by atoms with Crippen LogP contribution in [0, 0.1) is 0 Å². The first-order valence-electron chi connectivity index (χ1n) is 28.4. The van der Waals surface area contributed by atoms with Crippen LogP contribution in [0.2, 0.25) is 0 Å². The number of hydrogen-bond acceptors (Lipinski definition) is 25. The van der Waals surface area contributed by atoms with Crippen molar-refractivity contribution in [3.05, 3.63) is 0 Å². The van der Waals surface area contributed by atoms with E-state index in [1.54, 1.807) is 14.2 Å². The van der Waals surface area contributed by atoms with E-state index in [4.69, 9.17) is 99.5 Å². The van der Waals surface area contributed by atoms with Gasteiger partial charge in [0, 0.05) is 72.0 Å². The highest BCUT2D eigenvalue weighted by Crippen LogP contribution is 2.37. The molecule has 0 aromatic heterocycles. The molecule has 0 saturated carbocycles. The van der Waals surface area contributed by atoms with Gasteiger partial charge >= 0.3 is 0 Å². The first kappa shape index (κ1) is 59.2. The van der Waals surface area contributed by atoms with Gasteiger partial charge in [0.15, 0.2) is 62.9 Å². The Bertz CT molecular complexity index is 1690. The summed E-state index contributed by atoms with van der Waals surface area (Å²) in [5.41, 5.74) is 0. The first-order chi connectivity index (χ1) is 37.7. The average molecular weight is 1110 g/mol. The fraction of sp³-hybridized carbons (Fsp3) is 1.00. The Morgan fingerprint density at radius 3 is 1.12 bits per heavy atom. The van der Waals surface area contributed by atoms with Crippen LogP contribution in [0.15, 0.2) is 0 Å². The van der Waals surface area contributed by atoms with Crippen molar-refractivity contribution in [3.63, 3.8) is 0 Å². The minimum Gasteiger partial charge on any atom is -0.394 e. The van der Waals surface area contributed by atoms with Gasteiger partial charge in [0.1, 0.15) is 30.5 Å². The molecule has 0 aliphatic carbocycles. The maximum Gasteiger partial charge on any atom is 0.187 e. The molecule has 10 fully saturated rings. The van der Waals surface area contributed by atoms with Crippen molar-refractivity contribution >= 4 is 0 Å². The van der Waals surface area contributed by atoms with Gasteiger partial charge in [-0.2, -0.15) is 0 Å². The molecule has 10 rings (SSSR count). The third kappa shape index (κ3) is 16.4. The molecule has 77 heavy (non-hydrogen) atoms. The Labute approximate surface area is 450 Å². The molecule has 10 aliphatic rings. The van der Waals surface area contributed by atoms with E-state index in [-0.39, 0.29) is 102 Å². The fourth-order valence-corrected chi connectivity index (χ4v) is 11.7. The SMILES string of the molecule is COC1CCC(OC2COC(OC3CCC(OC4COC(OC5CCC(OC6COC(OC)CC6OC6CCC(CO)O6)OC5)C(OC5CCC(CO)O5)C4OC4CCC(CO)O4)OC3)CC2OC2CCC(CO)O2)OC1. The summed E-state index contributed by atoms with van der Waals surface area (Å²) in [5, 5.41) is 39.2. The lowest BCUT2D eigenvalue weighted by Crippen LogP contribution is -2.60. The van der Waals surface area contributed by atoms with Crippen LogP contribution in [-0.4, -0.2) is 249 Å². The number of ether oxygens (including phenoxy) is 21. The predicted octanol–water partition coefficient (Wildman–Crippen LogP) is 1.36. The Hall–Kier alpha value is -1.00. The molecule has 0 bridgehead atoms. The van der Waals surface area contributed by atoms with E-state index in [1.165, 1.54) is 0 Å². The number of hydrogen-bond donors (Lipinski definition) is 4. The van der Waals surface area contributed by atoms with Crippen LogP contribution in [0.1, 0.15) is 103 Å². The lowest BCUT2D eigenvalue weighted by molar-refractivity contribution is -0.363. The van der Waals surface area contributed by atoms with Gasteiger partial charge in [0.05, 0.1) is 121 Å². The zero-order chi connectivity index (χ0) is 53.1. The quantitative estimate of drug-likeness (QED) is 0.106. The van der Waals surface area contributed by atoms with Crippen LogP contribution >= 0.6 is 0 Å². The van der Waals surface area contributed by atoms with Gasteiger partial charge < -0.3 is 120 Å². The maximum atomic E-state index is 9.97. The molecule has 0 aromatic carbocycles. The molecule has 10 aliphatic heterocycles. The van der Waals surface area contributed by atoms with Crippen LogP contribution in [-0.2, 0) is 99.5 Å². The third-order valence-electron chi connectivity index (χ3n) is 16.1. The molecule has 24 unspecified atom stereocenters. The molecular weight excluding hydrogens is 1020 g/mol. The lowest BCUT2D eigenvalue weighted by atomic mass is 10.0. The number of aliphatic hydroxyl groups is 4. The fourth-order valence-electron chi connectivity index (χ4n) is 11.7. The van der Waals surface area contributed by atoms with Gasteiger partial charge in [-0.15, -0.1) is 0 Å². The second-order valence-electron chi connectivity index (χ2n) is 21.7. The standard InChI is InChI=1S/C52H86O25/c1-57-33-7-10-41(59-23-33)74-39-27-63-49(18-37(39)72-45-14-4-30(20-54)66-45)69-34-8-11-43(60-24-34)75-40-28-64-52(51(77-47-16-6-32(22-56)68-47)50(40)76-46-15-5-31(21-55)67-46)70-35-9-12-42(61-25-35)73-38-26-62-48(58-2)17-36(38)71-44-13-3-29(19-53)65-44/h29-56H,3-28H2,1-2H3. The van der Waals surface area contributed by atoms with Crippen LogP contribution in [0.4, 0.5) is 0 Å². The third-order valence-corrected chi connectivity index (χ3v) is 16.1. The molecule has 0 spiro atoms. The molecule has 24 atom stereocenters. The summed E-state index contributed by atoms with van der Waals surface area (Å²) in [6, 6.07) is 0. The molecule has 10 saturated heterocycles.